The Morgan fingerprint density at radius 3 is 2.52 bits per heavy atom. The molecule has 2 aromatic rings. The predicted octanol–water partition coefficient (Wildman–Crippen LogP) is 3.31. The average Bonchev–Trinajstić information content (AvgIpc) is 2.76. The minimum absolute atomic E-state index is 0.0143. The van der Waals surface area contributed by atoms with E-state index in [9.17, 15) is 4.79 Å². The third kappa shape index (κ3) is 3.00. The van der Waals surface area contributed by atoms with Gasteiger partial charge in [0.15, 0.2) is 10.6 Å². The highest BCUT2D eigenvalue weighted by atomic mass is 32.1. The van der Waals surface area contributed by atoms with E-state index < -0.39 is 0 Å². The molecular formula is C15H22N4OS. The summed E-state index contributed by atoms with van der Waals surface area (Å²) < 4.78 is 4.22. The van der Waals surface area contributed by atoms with Gasteiger partial charge in [-0.25, -0.2) is 0 Å². The SMILES string of the molecule is Cc1ccc(-c2n[nH]c(=S)n2C(C)C)c(=O)n1CC(C)C. The summed E-state index contributed by atoms with van der Waals surface area (Å²) in [5.41, 5.74) is 1.53. The van der Waals surface area contributed by atoms with Crippen molar-refractivity contribution in [2.75, 3.05) is 0 Å². The Labute approximate surface area is 129 Å². The predicted molar refractivity (Wildman–Crippen MR) is 87.1 cm³/mol. The quantitative estimate of drug-likeness (QED) is 0.882. The number of aryl methyl sites for hydroxylation is 1. The average molecular weight is 306 g/mol. The fourth-order valence-electron chi connectivity index (χ4n) is 2.41. The van der Waals surface area contributed by atoms with Crippen molar-refractivity contribution in [3.05, 3.63) is 33.0 Å². The van der Waals surface area contributed by atoms with Gasteiger partial charge in [-0.2, -0.15) is 5.10 Å². The van der Waals surface area contributed by atoms with Crippen LogP contribution >= 0.6 is 12.2 Å². The summed E-state index contributed by atoms with van der Waals surface area (Å²) in [7, 11) is 0. The Balaban J connectivity index is 2.67. The number of nitrogens with one attached hydrogen (secondary N) is 1. The molecule has 5 nitrogen and oxygen atoms in total. The molecule has 0 saturated carbocycles. The Morgan fingerprint density at radius 1 is 1.29 bits per heavy atom. The molecule has 0 amide bonds. The number of aromatic nitrogens is 4. The van der Waals surface area contributed by atoms with Crippen LogP contribution in [0.3, 0.4) is 0 Å². The zero-order valence-electron chi connectivity index (χ0n) is 13.2. The lowest BCUT2D eigenvalue weighted by molar-refractivity contribution is 0.502. The number of H-pyrrole nitrogens is 1. The fourth-order valence-corrected chi connectivity index (χ4v) is 2.75. The van der Waals surface area contributed by atoms with E-state index in [1.54, 1.807) is 0 Å². The lowest BCUT2D eigenvalue weighted by atomic mass is 10.1. The molecule has 2 heterocycles. The first-order valence-electron chi connectivity index (χ1n) is 7.20. The first kappa shape index (κ1) is 15.7. The fraction of sp³-hybridized carbons (Fsp3) is 0.533. The molecule has 0 aliphatic heterocycles. The highest BCUT2D eigenvalue weighted by Crippen LogP contribution is 2.18. The number of nitrogens with zero attached hydrogens (tertiary/aromatic N) is 3. The van der Waals surface area contributed by atoms with E-state index in [-0.39, 0.29) is 11.6 Å². The second kappa shape index (κ2) is 5.97. The van der Waals surface area contributed by atoms with Crippen LogP contribution in [0.15, 0.2) is 16.9 Å². The van der Waals surface area contributed by atoms with Crippen molar-refractivity contribution in [3.8, 4) is 11.4 Å². The summed E-state index contributed by atoms with van der Waals surface area (Å²) in [5.74, 6) is 1.01. The van der Waals surface area contributed by atoms with Crippen LogP contribution < -0.4 is 5.56 Å². The molecule has 0 aliphatic carbocycles. The van der Waals surface area contributed by atoms with Gasteiger partial charge in [0, 0.05) is 18.3 Å². The van der Waals surface area contributed by atoms with Gasteiger partial charge in [0.05, 0.1) is 5.56 Å². The molecule has 0 aliphatic rings. The molecular weight excluding hydrogens is 284 g/mol. The molecule has 0 unspecified atom stereocenters. The van der Waals surface area contributed by atoms with Gasteiger partial charge in [-0.1, -0.05) is 13.8 Å². The van der Waals surface area contributed by atoms with Crippen LogP contribution in [0.4, 0.5) is 0 Å². The molecule has 0 fully saturated rings. The van der Waals surface area contributed by atoms with Gasteiger partial charge in [0.1, 0.15) is 0 Å². The Kier molecular flexibility index (Phi) is 4.46. The van der Waals surface area contributed by atoms with Crippen molar-refractivity contribution in [1.29, 1.82) is 0 Å². The number of hydrogen-bond acceptors (Lipinski definition) is 3. The van der Waals surface area contributed by atoms with Gasteiger partial charge >= 0.3 is 0 Å². The van der Waals surface area contributed by atoms with E-state index in [0.717, 1.165) is 5.69 Å². The molecule has 114 valence electrons. The molecule has 0 bridgehead atoms. The van der Waals surface area contributed by atoms with E-state index >= 15 is 0 Å². The van der Waals surface area contributed by atoms with Gasteiger partial charge in [-0.15, -0.1) is 0 Å². The maximum absolute atomic E-state index is 12.8. The van der Waals surface area contributed by atoms with Crippen LogP contribution in [0.5, 0.6) is 0 Å². The Bertz CT molecular complexity index is 752. The van der Waals surface area contributed by atoms with Crippen LogP contribution in [0, 0.1) is 17.6 Å². The third-order valence-corrected chi connectivity index (χ3v) is 3.69. The molecule has 0 aromatic carbocycles. The first-order valence-corrected chi connectivity index (χ1v) is 7.61. The molecule has 0 spiro atoms. The highest BCUT2D eigenvalue weighted by molar-refractivity contribution is 7.71. The zero-order chi connectivity index (χ0) is 15.7. The van der Waals surface area contributed by atoms with Crippen LogP contribution in [0.1, 0.15) is 39.4 Å². The smallest absolute Gasteiger partial charge is 0.261 e. The Hall–Kier alpha value is -1.69. The summed E-state index contributed by atoms with van der Waals surface area (Å²) in [6.07, 6.45) is 0. The van der Waals surface area contributed by atoms with Crippen molar-refractivity contribution >= 4 is 12.2 Å². The van der Waals surface area contributed by atoms with E-state index in [1.165, 1.54) is 0 Å². The summed E-state index contributed by atoms with van der Waals surface area (Å²) in [6.45, 7) is 10.9. The van der Waals surface area contributed by atoms with Crippen molar-refractivity contribution in [3.63, 3.8) is 0 Å². The molecule has 6 heteroatoms. The van der Waals surface area contributed by atoms with E-state index in [2.05, 4.69) is 24.0 Å². The van der Waals surface area contributed by atoms with Gasteiger partial charge in [-0.05, 0) is 51.0 Å². The van der Waals surface area contributed by atoms with Gasteiger partial charge in [0.25, 0.3) is 5.56 Å². The molecule has 1 N–H and O–H groups in total. The van der Waals surface area contributed by atoms with Crippen molar-refractivity contribution < 1.29 is 0 Å². The monoisotopic (exact) mass is 306 g/mol. The van der Waals surface area contributed by atoms with Crippen LogP contribution in [-0.4, -0.2) is 19.3 Å². The van der Waals surface area contributed by atoms with E-state index in [0.29, 0.717) is 28.6 Å². The summed E-state index contributed by atoms with van der Waals surface area (Å²) >= 11 is 5.26. The van der Waals surface area contributed by atoms with Gasteiger partial charge in [-0.3, -0.25) is 14.5 Å². The third-order valence-electron chi connectivity index (χ3n) is 3.40. The summed E-state index contributed by atoms with van der Waals surface area (Å²) in [6, 6.07) is 3.94. The second-order valence-corrected chi connectivity index (χ2v) is 6.40. The van der Waals surface area contributed by atoms with Crippen LogP contribution in [0.25, 0.3) is 11.4 Å². The number of rotatable bonds is 4. The molecule has 0 saturated heterocycles. The lowest BCUT2D eigenvalue weighted by Gasteiger charge is -2.15. The minimum atomic E-state index is -0.0143. The van der Waals surface area contributed by atoms with Gasteiger partial charge in [0.2, 0.25) is 0 Å². The number of pyridine rings is 1. The minimum Gasteiger partial charge on any atom is -0.312 e. The van der Waals surface area contributed by atoms with E-state index in [1.807, 2.05) is 42.0 Å². The largest absolute Gasteiger partial charge is 0.312 e. The number of aromatic amines is 1. The topological polar surface area (TPSA) is 55.6 Å². The van der Waals surface area contributed by atoms with Crippen molar-refractivity contribution in [2.24, 2.45) is 5.92 Å². The molecule has 2 aromatic heterocycles. The van der Waals surface area contributed by atoms with E-state index in [4.69, 9.17) is 12.2 Å². The maximum atomic E-state index is 12.8. The standard InChI is InChI=1S/C15H22N4OS/c1-9(2)8-18-11(5)6-7-12(14(18)20)13-16-17-15(21)19(13)10(3)4/h6-7,9-10H,8H2,1-5H3,(H,17,21). The normalized spacial score (nSPS) is 11.6. The molecule has 0 atom stereocenters. The van der Waals surface area contributed by atoms with Crippen molar-refractivity contribution in [2.45, 2.75) is 47.2 Å². The molecule has 2 rings (SSSR count). The number of hydrogen-bond donors (Lipinski definition) is 1. The summed E-state index contributed by atoms with van der Waals surface area (Å²) in [5, 5.41) is 7.04. The van der Waals surface area contributed by atoms with Crippen molar-refractivity contribution in [1.82, 2.24) is 19.3 Å². The highest BCUT2D eigenvalue weighted by Gasteiger charge is 2.16. The van der Waals surface area contributed by atoms with Crippen LogP contribution in [0.2, 0.25) is 0 Å². The lowest BCUT2D eigenvalue weighted by Crippen LogP contribution is -2.26. The Morgan fingerprint density at radius 2 is 1.95 bits per heavy atom. The van der Waals surface area contributed by atoms with Gasteiger partial charge < -0.3 is 4.57 Å². The summed E-state index contributed by atoms with van der Waals surface area (Å²) in [4.78, 5) is 12.8. The zero-order valence-corrected chi connectivity index (χ0v) is 14.0. The second-order valence-electron chi connectivity index (χ2n) is 6.01. The molecule has 21 heavy (non-hydrogen) atoms. The maximum Gasteiger partial charge on any atom is 0.261 e. The first-order chi connectivity index (χ1) is 9.82. The molecule has 0 radical (unpaired) electrons. The van der Waals surface area contributed by atoms with Crippen LogP contribution in [-0.2, 0) is 6.54 Å².